The monoisotopic (exact) mass is 619 g/mol. The molecule has 0 aliphatic carbocycles. The first-order chi connectivity index (χ1) is 20.8. The second kappa shape index (κ2) is 11.4. The van der Waals surface area contributed by atoms with Crippen LogP contribution in [0.1, 0.15) is 27.7 Å². The first-order valence-corrected chi connectivity index (χ1v) is 14.5. The average molecular weight is 620 g/mol. The zero-order valence-electron chi connectivity index (χ0n) is 22.6. The Hall–Kier alpha value is -4.88. The van der Waals surface area contributed by atoms with Crippen molar-refractivity contribution in [2.45, 2.75) is 16.1 Å². The molecule has 218 valence electrons. The lowest BCUT2D eigenvalue weighted by molar-refractivity contribution is -0.117. The lowest BCUT2D eigenvalue weighted by atomic mass is 9.95. The summed E-state index contributed by atoms with van der Waals surface area (Å²) in [6.07, 6.45) is 0. The Morgan fingerprint density at radius 2 is 1.81 bits per heavy atom. The van der Waals surface area contributed by atoms with Crippen molar-refractivity contribution in [2.24, 2.45) is 0 Å². The number of aromatic hydroxyl groups is 1. The number of anilines is 1. The average Bonchev–Trinajstić information content (AvgIpc) is 3.73. The molecule has 0 radical (unpaired) electrons. The largest absolute Gasteiger partial charge is 0.504 e. The van der Waals surface area contributed by atoms with Gasteiger partial charge in [-0.3, -0.25) is 14.5 Å². The molecule has 43 heavy (non-hydrogen) atoms. The van der Waals surface area contributed by atoms with Crippen LogP contribution >= 0.6 is 23.1 Å². The number of halogens is 1. The number of thioether (sulfide) groups is 1. The van der Waals surface area contributed by atoms with Gasteiger partial charge in [-0.2, -0.15) is 0 Å². The van der Waals surface area contributed by atoms with Crippen molar-refractivity contribution in [3.8, 4) is 17.2 Å². The Balaban J connectivity index is 1.39. The minimum atomic E-state index is -1.16. The van der Waals surface area contributed by atoms with Crippen molar-refractivity contribution in [1.82, 2.24) is 10.2 Å². The van der Waals surface area contributed by atoms with Crippen molar-refractivity contribution in [2.75, 3.05) is 19.1 Å². The fraction of sp³-hybridized carbons (Fsp3) is 0.133. The third-order valence-electron chi connectivity index (χ3n) is 6.80. The molecule has 1 amide bonds. The number of fused-ring (bicyclic) bond motifs is 1. The number of rotatable bonds is 9. The number of aliphatic hydroxyl groups excluding tert-OH is 1. The van der Waals surface area contributed by atoms with Gasteiger partial charge in [0.25, 0.3) is 5.91 Å². The molecular formula is C30H22FN3O7S2. The Morgan fingerprint density at radius 3 is 2.56 bits per heavy atom. The van der Waals surface area contributed by atoms with E-state index in [-0.39, 0.29) is 33.8 Å². The number of carbonyl (C=O) groups is 2. The van der Waals surface area contributed by atoms with E-state index in [0.717, 1.165) is 16.9 Å². The lowest BCUT2D eigenvalue weighted by Gasteiger charge is -2.24. The number of Topliss-reactive ketones (excluding diaryl/α,β-unsaturated/α-hetero) is 1. The number of para-hydroxylation sites is 1. The van der Waals surface area contributed by atoms with Gasteiger partial charge >= 0.3 is 0 Å². The summed E-state index contributed by atoms with van der Waals surface area (Å²) in [6.45, 7) is 0. The van der Waals surface area contributed by atoms with Gasteiger partial charge < -0.3 is 24.1 Å². The number of aliphatic hydroxyl groups is 1. The maximum Gasteiger partial charge on any atom is 0.296 e. The Kier molecular flexibility index (Phi) is 7.50. The van der Waals surface area contributed by atoms with Gasteiger partial charge in [0.15, 0.2) is 38.7 Å². The Labute approximate surface area is 252 Å². The Bertz CT molecular complexity index is 1900. The number of ether oxygens (including phenoxy) is 2. The fourth-order valence-electron chi connectivity index (χ4n) is 4.74. The van der Waals surface area contributed by atoms with Crippen molar-refractivity contribution in [3.63, 3.8) is 0 Å². The predicted octanol–water partition coefficient (Wildman–Crippen LogP) is 6.22. The third kappa shape index (κ3) is 5.17. The number of benzene rings is 3. The second-order valence-electron chi connectivity index (χ2n) is 9.36. The highest BCUT2D eigenvalue weighted by Gasteiger charge is 2.47. The predicted molar refractivity (Wildman–Crippen MR) is 158 cm³/mol. The SMILES string of the molecule is COc1cc(C2C(C(=O)c3cc4cccc(OC)c4o3)=C(O)C(=O)N2c2nnc(SCc3ccc(F)cc3)s2)ccc1O. The number of hydrogen-bond acceptors (Lipinski definition) is 11. The molecule has 5 aromatic rings. The lowest BCUT2D eigenvalue weighted by Crippen LogP contribution is -2.31. The number of furan rings is 1. The van der Waals surface area contributed by atoms with Crippen LogP contribution in [0.5, 0.6) is 17.2 Å². The van der Waals surface area contributed by atoms with E-state index in [1.54, 1.807) is 30.3 Å². The highest BCUT2D eigenvalue weighted by atomic mass is 32.2. The van der Waals surface area contributed by atoms with Crippen molar-refractivity contribution in [1.29, 1.82) is 0 Å². The van der Waals surface area contributed by atoms with Crippen LogP contribution in [0.2, 0.25) is 0 Å². The van der Waals surface area contributed by atoms with Crippen LogP contribution in [0, 0.1) is 5.82 Å². The third-order valence-corrected chi connectivity index (χ3v) is 8.93. The fourth-order valence-corrected chi connectivity index (χ4v) is 6.56. The van der Waals surface area contributed by atoms with Gasteiger partial charge in [-0.15, -0.1) is 10.2 Å². The van der Waals surface area contributed by atoms with E-state index in [2.05, 4.69) is 10.2 Å². The van der Waals surface area contributed by atoms with Crippen LogP contribution in [0.15, 0.2) is 86.8 Å². The summed E-state index contributed by atoms with van der Waals surface area (Å²) >= 11 is 2.43. The smallest absolute Gasteiger partial charge is 0.296 e. The number of aromatic nitrogens is 2. The summed E-state index contributed by atoms with van der Waals surface area (Å²) in [7, 11) is 2.84. The summed E-state index contributed by atoms with van der Waals surface area (Å²) < 4.78 is 30.3. The van der Waals surface area contributed by atoms with Crippen molar-refractivity contribution < 1.29 is 38.1 Å². The standard InChI is InChI=1S/C30H22FN3O7S2/c1-39-20-5-3-4-17-13-22(41-27(17)20)25(36)23-24(16-8-11-19(35)21(12-16)40-2)34(28(38)26(23)37)29-32-33-30(43-29)42-14-15-6-9-18(31)10-7-15/h3-13,24,35,37H,14H2,1-2H3. The molecule has 0 spiro atoms. The molecule has 1 aliphatic rings. The molecular weight excluding hydrogens is 597 g/mol. The molecule has 2 N–H and O–H groups in total. The van der Waals surface area contributed by atoms with E-state index in [9.17, 15) is 24.2 Å². The first-order valence-electron chi connectivity index (χ1n) is 12.7. The molecule has 2 aromatic heterocycles. The first kappa shape index (κ1) is 28.2. The zero-order valence-corrected chi connectivity index (χ0v) is 24.2. The zero-order chi connectivity index (χ0) is 30.2. The van der Waals surface area contributed by atoms with E-state index in [1.165, 1.54) is 67.3 Å². The number of phenols is 1. The topological polar surface area (TPSA) is 135 Å². The van der Waals surface area contributed by atoms with Crippen LogP contribution in [0.4, 0.5) is 9.52 Å². The molecule has 1 aliphatic heterocycles. The molecule has 6 rings (SSSR count). The number of phenolic OH excluding ortho intramolecular Hbond substituents is 1. The van der Waals surface area contributed by atoms with E-state index < -0.39 is 23.5 Å². The van der Waals surface area contributed by atoms with E-state index in [0.29, 0.717) is 32.4 Å². The van der Waals surface area contributed by atoms with E-state index in [4.69, 9.17) is 13.9 Å². The van der Waals surface area contributed by atoms with Gasteiger partial charge in [0.1, 0.15) is 5.82 Å². The van der Waals surface area contributed by atoms with Crippen LogP contribution < -0.4 is 14.4 Å². The number of ketones is 1. The van der Waals surface area contributed by atoms with Crippen LogP contribution in [-0.4, -0.2) is 46.3 Å². The van der Waals surface area contributed by atoms with Gasteiger partial charge in [-0.1, -0.05) is 53.4 Å². The van der Waals surface area contributed by atoms with Gasteiger partial charge in [0, 0.05) is 11.1 Å². The molecule has 0 saturated carbocycles. The minimum Gasteiger partial charge on any atom is -0.504 e. The summed E-state index contributed by atoms with van der Waals surface area (Å²) in [5.74, 6) is -1.96. The molecule has 13 heteroatoms. The number of hydrogen-bond donors (Lipinski definition) is 2. The summed E-state index contributed by atoms with van der Waals surface area (Å²) in [5, 5.41) is 30.5. The van der Waals surface area contributed by atoms with Crippen molar-refractivity contribution in [3.05, 3.63) is 101 Å². The number of amides is 1. The quantitative estimate of drug-likeness (QED) is 0.111. The van der Waals surface area contributed by atoms with Crippen LogP contribution in [0.25, 0.3) is 11.0 Å². The van der Waals surface area contributed by atoms with Gasteiger partial charge in [-0.25, -0.2) is 4.39 Å². The van der Waals surface area contributed by atoms with Gasteiger partial charge in [-0.05, 0) is 47.5 Å². The summed E-state index contributed by atoms with van der Waals surface area (Å²) in [6, 6.07) is 15.9. The van der Waals surface area contributed by atoms with Gasteiger partial charge in [0.2, 0.25) is 10.9 Å². The highest BCUT2D eigenvalue weighted by Crippen LogP contribution is 2.46. The molecule has 3 heterocycles. The van der Waals surface area contributed by atoms with Crippen LogP contribution in [0.3, 0.4) is 0 Å². The normalized spacial score (nSPS) is 15.0. The molecule has 0 saturated heterocycles. The molecule has 0 bridgehead atoms. The van der Waals surface area contributed by atoms with Crippen LogP contribution in [-0.2, 0) is 10.5 Å². The highest BCUT2D eigenvalue weighted by molar-refractivity contribution is 8.00. The maximum atomic E-state index is 14.0. The van der Waals surface area contributed by atoms with E-state index >= 15 is 0 Å². The Morgan fingerprint density at radius 1 is 1.05 bits per heavy atom. The number of carbonyl (C=O) groups excluding carboxylic acids is 2. The molecule has 0 fully saturated rings. The maximum absolute atomic E-state index is 14.0. The summed E-state index contributed by atoms with van der Waals surface area (Å²) in [5.41, 5.74) is 1.32. The summed E-state index contributed by atoms with van der Waals surface area (Å²) in [4.78, 5) is 28.7. The molecule has 1 unspecified atom stereocenters. The molecule has 3 aromatic carbocycles. The van der Waals surface area contributed by atoms with Gasteiger partial charge in [0.05, 0.1) is 25.8 Å². The second-order valence-corrected chi connectivity index (χ2v) is 11.5. The molecule has 1 atom stereocenters. The minimum absolute atomic E-state index is 0.101. The van der Waals surface area contributed by atoms with E-state index in [1.807, 2.05) is 0 Å². The number of methoxy groups -OCH3 is 2. The number of nitrogens with zero attached hydrogens (tertiary/aromatic N) is 3. The molecule has 10 nitrogen and oxygen atoms in total. The van der Waals surface area contributed by atoms with Crippen molar-refractivity contribution >= 4 is 50.9 Å².